The Morgan fingerprint density at radius 2 is 1.89 bits per heavy atom. The van der Waals surface area contributed by atoms with E-state index in [4.69, 9.17) is 14.2 Å². The third-order valence-corrected chi connectivity index (χ3v) is 4.13. The van der Waals surface area contributed by atoms with Crippen molar-refractivity contribution in [1.82, 2.24) is 5.32 Å². The summed E-state index contributed by atoms with van der Waals surface area (Å²) in [5.74, 6) is 1.41. The highest BCUT2D eigenvalue weighted by Gasteiger charge is 2.20. The van der Waals surface area contributed by atoms with Crippen LogP contribution in [0, 0.1) is 0 Å². The van der Waals surface area contributed by atoms with Crippen molar-refractivity contribution in [2.24, 2.45) is 0 Å². The number of hydrogen-bond acceptors (Lipinski definition) is 5. The summed E-state index contributed by atoms with van der Waals surface area (Å²) in [6.07, 6.45) is -0.0465. The van der Waals surface area contributed by atoms with Crippen LogP contribution >= 0.6 is 0 Å². The first-order valence-corrected chi connectivity index (χ1v) is 9.13. The van der Waals surface area contributed by atoms with E-state index in [1.807, 2.05) is 44.2 Å². The molecule has 1 N–H and O–H groups in total. The molecule has 3 rings (SSSR count). The number of anilines is 1. The monoisotopic (exact) mass is 384 g/mol. The van der Waals surface area contributed by atoms with Crippen molar-refractivity contribution >= 4 is 17.5 Å². The van der Waals surface area contributed by atoms with Crippen molar-refractivity contribution in [3.05, 3.63) is 48.0 Å². The molecule has 1 aliphatic rings. The van der Waals surface area contributed by atoms with Gasteiger partial charge in [-0.05, 0) is 43.7 Å². The highest BCUT2D eigenvalue weighted by atomic mass is 16.7. The lowest BCUT2D eigenvalue weighted by Crippen LogP contribution is -2.39. The Hall–Kier alpha value is -3.22. The molecule has 1 heterocycles. The number of nitrogens with one attached hydrogen (secondary N) is 1. The summed E-state index contributed by atoms with van der Waals surface area (Å²) < 4.78 is 16.4. The summed E-state index contributed by atoms with van der Waals surface area (Å²) in [7, 11) is 0. The summed E-state index contributed by atoms with van der Waals surface area (Å²) >= 11 is 0. The molecule has 2 aromatic carbocycles. The molecule has 0 aromatic heterocycles. The first kappa shape index (κ1) is 19.5. The van der Waals surface area contributed by atoms with Crippen molar-refractivity contribution in [3.63, 3.8) is 0 Å². The minimum Gasteiger partial charge on any atom is -0.489 e. The van der Waals surface area contributed by atoms with Gasteiger partial charge in [0.1, 0.15) is 12.3 Å². The molecule has 0 radical (unpaired) electrons. The summed E-state index contributed by atoms with van der Waals surface area (Å²) in [5, 5.41) is 2.84. The summed E-state index contributed by atoms with van der Waals surface area (Å²) in [6.45, 7) is 5.68. The Morgan fingerprint density at radius 1 is 1.14 bits per heavy atom. The lowest BCUT2D eigenvalue weighted by Gasteiger charge is -2.24. The van der Waals surface area contributed by atoms with Gasteiger partial charge >= 0.3 is 0 Å². The molecule has 148 valence electrons. The molecule has 7 nitrogen and oxygen atoms in total. The minimum absolute atomic E-state index is 0.0465. The third kappa shape index (κ3) is 4.73. The topological polar surface area (TPSA) is 77.1 Å². The number of para-hydroxylation sites is 2. The molecular formula is C21H24N2O5. The van der Waals surface area contributed by atoms with Crippen molar-refractivity contribution in [2.75, 3.05) is 18.2 Å². The molecule has 2 aromatic rings. The zero-order chi connectivity index (χ0) is 20.1. The zero-order valence-corrected chi connectivity index (χ0v) is 16.2. The smallest absolute Gasteiger partial charge is 0.240 e. The Balaban J connectivity index is 1.66. The van der Waals surface area contributed by atoms with Gasteiger partial charge in [0.15, 0.2) is 11.5 Å². The van der Waals surface area contributed by atoms with Crippen molar-refractivity contribution < 1.29 is 23.8 Å². The van der Waals surface area contributed by atoms with Gasteiger partial charge in [0.2, 0.25) is 18.6 Å². The fourth-order valence-electron chi connectivity index (χ4n) is 2.85. The van der Waals surface area contributed by atoms with Crippen LogP contribution in [0.15, 0.2) is 42.5 Å². The number of hydrogen-bond donors (Lipinski definition) is 1. The van der Waals surface area contributed by atoms with Crippen LogP contribution in [-0.2, 0) is 16.1 Å². The minimum atomic E-state index is -0.271. The Bertz CT molecular complexity index is 866. The van der Waals surface area contributed by atoms with Crippen molar-refractivity contribution in [2.45, 2.75) is 33.4 Å². The molecule has 0 fully saturated rings. The van der Waals surface area contributed by atoms with Gasteiger partial charge in [-0.1, -0.05) is 18.2 Å². The normalized spacial score (nSPS) is 12.0. The van der Waals surface area contributed by atoms with Gasteiger partial charge in [-0.3, -0.25) is 14.5 Å². The Labute approximate surface area is 164 Å². The molecule has 0 atom stereocenters. The molecule has 0 unspecified atom stereocenters. The average molecular weight is 384 g/mol. The van der Waals surface area contributed by atoms with Crippen LogP contribution in [0.2, 0.25) is 0 Å². The predicted octanol–water partition coefficient (Wildman–Crippen LogP) is 2.87. The van der Waals surface area contributed by atoms with Gasteiger partial charge in [0.05, 0.1) is 11.8 Å². The van der Waals surface area contributed by atoms with Gasteiger partial charge in [-0.2, -0.15) is 0 Å². The number of rotatable bonds is 7. The fraction of sp³-hybridized carbons (Fsp3) is 0.333. The second kappa shape index (κ2) is 8.65. The maximum absolute atomic E-state index is 12.5. The first-order chi connectivity index (χ1) is 13.4. The van der Waals surface area contributed by atoms with Crippen LogP contribution in [0.25, 0.3) is 0 Å². The van der Waals surface area contributed by atoms with E-state index in [0.29, 0.717) is 29.5 Å². The summed E-state index contributed by atoms with van der Waals surface area (Å²) in [6, 6.07) is 12.7. The first-order valence-electron chi connectivity index (χ1n) is 9.13. The number of benzene rings is 2. The molecule has 0 aliphatic carbocycles. The average Bonchev–Trinajstić information content (AvgIpc) is 3.12. The van der Waals surface area contributed by atoms with Gasteiger partial charge in [-0.15, -0.1) is 0 Å². The number of amides is 2. The van der Waals surface area contributed by atoms with E-state index >= 15 is 0 Å². The van der Waals surface area contributed by atoms with Crippen LogP contribution in [-0.4, -0.2) is 31.3 Å². The quantitative estimate of drug-likeness (QED) is 0.794. The van der Waals surface area contributed by atoms with E-state index in [-0.39, 0.29) is 31.3 Å². The number of nitrogens with zero attached hydrogens (tertiary/aromatic N) is 1. The molecule has 0 bridgehead atoms. The maximum Gasteiger partial charge on any atom is 0.240 e. The van der Waals surface area contributed by atoms with Crippen molar-refractivity contribution in [3.8, 4) is 17.2 Å². The molecule has 7 heteroatoms. The molecule has 0 saturated heterocycles. The summed E-state index contributed by atoms with van der Waals surface area (Å²) in [5.41, 5.74) is 1.46. The maximum atomic E-state index is 12.5. The number of carbonyl (C=O) groups is 2. The van der Waals surface area contributed by atoms with Crippen molar-refractivity contribution in [1.29, 1.82) is 0 Å². The van der Waals surface area contributed by atoms with E-state index in [0.717, 1.165) is 5.56 Å². The second-order valence-electron chi connectivity index (χ2n) is 6.70. The van der Waals surface area contributed by atoms with E-state index < -0.39 is 0 Å². The molecule has 1 aliphatic heterocycles. The SMILES string of the molecule is CC(=O)N(CC(=O)NCc1ccc2c(c1)OCO2)c1ccccc1OC(C)C. The van der Waals surface area contributed by atoms with Gasteiger partial charge < -0.3 is 19.5 Å². The van der Waals surface area contributed by atoms with Crippen LogP contribution in [0.5, 0.6) is 17.2 Å². The van der Waals surface area contributed by atoms with Gasteiger partial charge in [-0.25, -0.2) is 0 Å². The van der Waals surface area contributed by atoms with Gasteiger partial charge in [0, 0.05) is 13.5 Å². The van der Waals surface area contributed by atoms with Crippen LogP contribution in [0.4, 0.5) is 5.69 Å². The second-order valence-corrected chi connectivity index (χ2v) is 6.70. The largest absolute Gasteiger partial charge is 0.489 e. The molecule has 2 amide bonds. The van der Waals surface area contributed by atoms with E-state index in [2.05, 4.69) is 5.32 Å². The van der Waals surface area contributed by atoms with E-state index in [9.17, 15) is 9.59 Å². The van der Waals surface area contributed by atoms with Crippen LogP contribution in [0.1, 0.15) is 26.3 Å². The highest BCUT2D eigenvalue weighted by molar-refractivity contribution is 5.98. The molecular weight excluding hydrogens is 360 g/mol. The van der Waals surface area contributed by atoms with Crippen LogP contribution in [0.3, 0.4) is 0 Å². The molecule has 0 saturated carbocycles. The lowest BCUT2D eigenvalue weighted by molar-refractivity contribution is -0.123. The third-order valence-electron chi connectivity index (χ3n) is 4.13. The standard InChI is InChI=1S/C21H24N2O5/c1-14(2)28-18-7-5-4-6-17(18)23(15(3)24)12-21(25)22-11-16-8-9-19-20(10-16)27-13-26-19/h4-10,14H,11-13H2,1-3H3,(H,22,25). The van der Waals surface area contributed by atoms with E-state index in [1.165, 1.54) is 11.8 Å². The lowest BCUT2D eigenvalue weighted by atomic mass is 10.2. The highest BCUT2D eigenvalue weighted by Crippen LogP contribution is 2.32. The molecule has 28 heavy (non-hydrogen) atoms. The number of fused-ring (bicyclic) bond motifs is 1. The number of carbonyl (C=O) groups excluding carboxylic acids is 2. The predicted molar refractivity (Wildman–Crippen MR) is 105 cm³/mol. The molecule has 0 spiro atoms. The Morgan fingerprint density at radius 3 is 2.64 bits per heavy atom. The fourth-order valence-corrected chi connectivity index (χ4v) is 2.85. The van der Waals surface area contributed by atoms with E-state index in [1.54, 1.807) is 12.1 Å². The van der Waals surface area contributed by atoms with Gasteiger partial charge in [0.25, 0.3) is 0 Å². The van der Waals surface area contributed by atoms with Crippen LogP contribution < -0.4 is 24.4 Å². The number of ether oxygens (including phenoxy) is 3. The Kier molecular flexibility index (Phi) is 6.03. The summed E-state index contributed by atoms with van der Waals surface area (Å²) in [4.78, 5) is 26.1. The zero-order valence-electron chi connectivity index (χ0n) is 16.2.